The second-order valence-electron chi connectivity index (χ2n) is 5.79. The third-order valence-electron chi connectivity index (χ3n) is 4.32. The van der Waals surface area contributed by atoms with E-state index in [2.05, 4.69) is 0 Å². The van der Waals surface area contributed by atoms with E-state index in [1.54, 1.807) is 12.1 Å². The number of thiocarbonyl (C=S) groups is 1. The Morgan fingerprint density at radius 2 is 2.05 bits per heavy atom. The molecule has 1 heterocycles. The largest absolute Gasteiger partial charge is 0.347 e. The van der Waals surface area contributed by atoms with Crippen LogP contribution >= 0.6 is 24.0 Å². The minimum Gasteiger partial charge on any atom is -0.347 e. The molecule has 0 aromatic heterocycles. The third-order valence-corrected chi connectivity index (χ3v) is 6.38. The fraction of sp³-hybridized carbons (Fsp3) is 0.429. The van der Waals surface area contributed by atoms with Gasteiger partial charge in [-0.3, -0.25) is 15.3 Å². The third kappa shape index (κ3) is 2.56. The van der Waals surface area contributed by atoms with Crippen molar-refractivity contribution in [2.45, 2.75) is 31.2 Å². The first kappa shape index (κ1) is 16.7. The molecule has 0 amide bonds. The molecule has 8 heteroatoms. The number of hydrogen-bond donors (Lipinski definition) is 1. The molecule has 1 aromatic rings. The van der Waals surface area contributed by atoms with E-state index in [-0.39, 0.29) is 5.69 Å². The van der Waals surface area contributed by atoms with Gasteiger partial charge < -0.3 is 4.90 Å². The van der Waals surface area contributed by atoms with Crippen LogP contribution < -0.4 is 0 Å². The van der Waals surface area contributed by atoms with E-state index in [9.17, 15) is 15.3 Å². The molecule has 1 aliphatic heterocycles. The van der Waals surface area contributed by atoms with E-state index in [1.807, 2.05) is 32.7 Å². The van der Waals surface area contributed by atoms with Crippen LogP contribution in [0, 0.1) is 10.1 Å². The topological polar surface area (TPSA) is 69.6 Å². The Bertz CT molecular complexity index is 675. The van der Waals surface area contributed by atoms with Crippen molar-refractivity contribution in [3.63, 3.8) is 0 Å². The Kier molecular flexibility index (Phi) is 4.18. The van der Waals surface area contributed by atoms with Gasteiger partial charge in [0, 0.05) is 31.7 Å². The fourth-order valence-electron chi connectivity index (χ4n) is 2.21. The summed E-state index contributed by atoms with van der Waals surface area (Å²) in [6.07, 6.45) is 1.49. The van der Waals surface area contributed by atoms with Gasteiger partial charge in [-0.2, -0.15) is 0 Å². The van der Waals surface area contributed by atoms with E-state index in [0.29, 0.717) is 9.88 Å². The summed E-state index contributed by atoms with van der Waals surface area (Å²) in [5, 5.41) is 21.4. The van der Waals surface area contributed by atoms with Gasteiger partial charge in [0.1, 0.15) is 9.86 Å². The van der Waals surface area contributed by atoms with Gasteiger partial charge in [-0.15, -0.1) is 0 Å². The maximum Gasteiger partial charge on any atom is 0.282 e. The van der Waals surface area contributed by atoms with Crippen LogP contribution in [0.3, 0.4) is 0 Å². The number of hydroxylamine groups is 1. The van der Waals surface area contributed by atoms with E-state index in [1.165, 1.54) is 30.1 Å². The number of benzene rings is 1. The first-order chi connectivity index (χ1) is 10.1. The number of rotatable bonds is 3. The Morgan fingerprint density at radius 1 is 1.41 bits per heavy atom. The molecule has 0 bridgehead atoms. The smallest absolute Gasteiger partial charge is 0.282 e. The summed E-state index contributed by atoms with van der Waals surface area (Å²) in [6.45, 7) is 5.87. The Labute approximate surface area is 138 Å². The molecular weight excluding hydrogens is 322 g/mol. The van der Waals surface area contributed by atoms with Crippen molar-refractivity contribution in [3.8, 4) is 0 Å². The van der Waals surface area contributed by atoms with Crippen molar-refractivity contribution in [3.05, 3.63) is 39.9 Å². The lowest BCUT2D eigenvalue weighted by Crippen LogP contribution is -2.55. The van der Waals surface area contributed by atoms with Crippen molar-refractivity contribution < 1.29 is 14.9 Å². The Hall–Kier alpha value is -1.67. The molecule has 1 saturated heterocycles. The molecule has 2 rings (SSSR count). The predicted octanol–water partition coefficient (Wildman–Crippen LogP) is 2.87. The van der Waals surface area contributed by atoms with Crippen LogP contribution in [-0.2, 0) is 0 Å². The highest BCUT2D eigenvalue weighted by Crippen LogP contribution is 2.47. The quantitative estimate of drug-likeness (QED) is 0.228. The van der Waals surface area contributed by atoms with Crippen LogP contribution in [0.15, 0.2) is 24.3 Å². The lowest BCUT2D eigenvalue weighted by molar-refractivity contribution is -0.809. The molecule has 0 spiro atoms. The number of hydrogen-bond acceptors (Lipinski definition) is 5. The van der Waals surface area contributed by atoms with E-state index in [4.69, 9.17) is 12.2 Å². The van der Waals surface area contributed by atoms with E-state index in [0.717, 1.165) is 4.74 Å². The van der Waals surface area contributed by atoms with Crippen LogP contribution in [0.2, 0.25) is 0 Å². The SMILES string of the molecule is CN1C(=S)SC(C)([N+](O)=Cc2cccc([N+](=O)[O-])c2)C1(C)C. The van der Waals surface area contributed by atoms with Crippen molar-refractivity contribution in [2.75, 3.05) is 7.05 Å². The van der Waals surface area contributed by atoms with Gasteiger partial charge in [-0.05, 0) is 36.4 Å². The summed E-state index contributed by atoms with van der Waals surface area (Å²) in [4.78, 5) is 11.6. The molecule has 6 nitrogen and oxygen atoms in total. The maximum absolute atomic E-state index is 10.8. The number of nitro groups is 1. The molecule has 118 valence electrons. The van der Waals surface area contributed by atoms with Gasteiger partial charge in [-0.25, -0.2) is 0 Å². The number of non-ortho nitro benzene ring substituents is 1. The molecule has 1 N–H and O–H groups in total. The monoisotopic (exact) mass is 340 g/mol. The van der Waals surface area contributed by atoms with Gasteiger partial charge in [-0.1, -0.05) is 18.3 Å². The molecule has 1 unspecified atom stereocenters. The summed E-state index contributed by atoms with van der Waals surface area (Å²) in [5.74, 6) is 0. The second kappa shape index (κ2) is 5.51. The van der Waals surface area contributed by atoms with Crippen molar-refractivity contribution in [1.82, 2.24) is 4.90 Å². The molecule has 22 heavy (non-hydrogen) atoms. The molecule has 0 aliphatic carbocycles. The minimum absolute atomic E-state index is 0.0155. The maximum atomic E-state index is 10.8. The van der Waals surface area contributed by atoms with Crippen molar-refractivity contribution in [1.29, 1.82) is 0 Å². The van der Waals surface area contributed by atoms with Gasteiger partial charge in [0.25, 0.3) is 10.6 Å². The summed E-state index contributed by atoms with van der Waals surface area (Å²) in [6, 6.07) is 6.12. The van der Waals surface area contributed by atoms with Crippen molar-refractivity contribution in [2.24, 2.45) is 0 Å². The van der Waals surface area contributed by atoms with E-state index < -0.39 is 15.3 Å². The van der Waals surface area contributed by atoms with Gasteiger partial charge in [0.15, 0.2) is 0 Å². The normalized spacial score (nSPS) is 24.6. The zero-order valence-corrected chi connectivity index (χ0v) is 14.4. The fourth-order valence-corrected chi connectivity index (χ4v) is 4.17. The number of likely N-dealkylation sites (N-methyl/N-ethyl adjacent to an activating group) is 1. The van der Waals surface area contributed by atoms with Crippen LogP contribution in [0.1, 0.15) is 26.3 Å². The van der Waals surface area contributed by atoms with Gasteiger partial charge in [0.05, 0.1) is 4.92 Å². The molecule has 0 saturated carbocycles. The first-order valence-electron chi connectivity index (χ1n) is 6.64. The average Bonchev–Trinajstić information content (AvgIpc) is 2.60. The molecule has 0 radical (unpaired) electrons. The lowest BCUT2D eigenvalue weighted by atomic mass is 9.94. The van der Waals surface area contributed by atoms with Crippen LogP contribution in [-0.4, -0.2) is 47.8 Å². The standard InChI is InChI=1S/C14H18N3O3S2/c1-13(2)14(3,22-12(21)15(13)4)16(18)9-10-6-5-7-11(8-10)17(19)20/h5-9,18H,1-4H3/q+1. The molecule has 1 aliphatic rings. The van der Waals surface area contributed by atoms with E-state index >= 15 is 0 Å². The van der Waals surface area contributed by atoms with Crippen LogP contribution in [0.5, 0.6) is 0 Å². The minimum atomic E-state index is -0.705. The molecule has 1 fully saturated rings. The second-order valence-corrected chi connectivity index (χ2v) is 7.83. The molecule has 1 atom stereocenters. The van der Waals surface area contributed by atoms with Crippen molar-refractivity contribution >= 4 is 40.2 Å². The molecular formula is C14H18N3O3S2+. The summed E-state index contributed by atoms with van der Waals surface area (Å²) >= 11 is 6.72. The lowest BCUT2D eigenvalue weighted by Gasteiger charge is -2.34. The summed E-state index contributed by atoms with van der Waals surface area (Å²) < 4.78 is 1.78. The number of thioether (sulfide) groups is 1. The highest BCUT2D eigenvalue weighted by Gasteiger charge is 2.62. The Balaban J connectivity index is 2.43. The van der Waals surface area contributed by atoms with Crippen LogP contribution in [0.25, 0.3) is 0 Å². The summed E-state index contributed by atoms with van der Waals surface area (Å²) in [5.41, 5.74) is 0.119. The van der Waals surface area contributed by atoms with Gasteiger partial charge >= 0.3 is 0 Å². The first-order valence-corrected chi connectivity index (χ1v) is 7.86. The predicted molar refractivity (Wildman–Crippen MR) is 90.7 cm³/mol. The highest BCUT2D eigenvalue weighted by molar-refractivity contribution is 8.24. The zero-order chi connectivity index (χ0) is 16.7. The number of nitrogens with zero attached hydrogens (tertiary/aromatic N) is 3. The van der Waals surface area contributed by atoms with Crippen LogP contribution in [0.4, 0.5) is 5.69 Å². The molecule has 1 aromatic carbocycles. The Morgan fingerprint density at radius 3 is 2.55 bits per heavy atom. The summed E-state index contributed by atoms with van der Waals surface area (Å²) in [7, 11) is 1.89. The zero-order valence-electron chi connectivity index (χ0n) is 12.8. The average molecular weight is 340 g/mol. The highest BCUT2D eigenvalue weighted by atomic mass is 32.2. The number of nitro benzene ring substituents is 1. The van der Waals surface area contributed by atoms with Gasteiger partial charge in [0.2, 0.25) is 6.21 Å².